The van der Waals surface area contributed by atoms with E-state index in [2.05, 4.69) is 13.8 Å². The maximum Gasteiger partial charge on any atom is 0.472 e. The van der Waals surface area contributed by atoms with Crippen LogP contribution >= 0.6 is 7.82 Å². The van der Waals surface area contributed by atoms with E-state index in [0.717, 1.165) is 38.5 Å². The maximum absolute atomic E-state index is 12.7. The Kier molecular flexibility index (Phi) is 25.6. The van der Waals surface area contributed by atoms with Gasteiger partial charge in [0.1, 0.15) is 42.7 Å². The van der Waals surface area contributed by atoms with Gasteiger partial charge in [0, 0.05) is 13.0 Å². The lowest BCUT2D eigenvalue weighted by molar-refractivity contribution is -0.220. The van der Waals surface area contributed by atoms with Crippen molar-refractivity contribution in [3.8, 4) is 0 Å². The van der Waals surface area contributed by atoms with Gasteiger partial charge in [-0.2, -0.15) is 0 Å². The summed E-state index contributed by atoms with van der Waals surface area (Å²) in [7, 11) is -4.99. The molecule has 0 radical (unpaired) electrons. The number of unbranched alkanes of at least 4 members (excludes halogenated alkanes) is 18. The molecule has 0 aliphatic heterocycles. The minimum absolute atomic E-state index is 0.0699. The largest absolute Gasteiger partial charge is 0.472 e. The van der Waals surface area contributed by atoms with E-state index >= 15 is 0 Å². The van der Waals surface area contributed by atoms with Gasteiger partial charge in [-0.25, -0.2) is 4.57 Å². The van der Waals surface area contributed by atoms with Crippen LogP contribution in [0.4, 0.5) is 0 Å². The zero-order valence-corrected chi connectivity index (χ0v) is 30.0. The van der Waals surface area contributed by atoms with Gasteiger partial charge in [-0.3, -0.25) is 13.8 Å². The predicted molar refractivity (Wildman–Crippen MR) is 180 cm³/mol. The minimum Gasteiger partial charge on any atom is -0.457 e. The number of aliphatic hydroxyl groups is 5. The summed E-state index contributed by atoms with van der Waals surface area (Å²) in [5, 5.41) is 49.8. The van der Waals surface area contributed by atoms with Gasteiger partial charge in [0.15, 0.2) is 0 Å². The number of phosphoric acid groups is 1. The molecule has 0 spiro atoms. The number of carbonyl (C=O) groups is 1. The molecule has 0 heterocycles. The molecule has 1 fully saturated rings. The Labute approximate surface area is 283 Å². The zero-order chi connectivity index (χ0) is 34.9. The van der Waals surface area contributed by atoms with Crippen LogP contribution in [-0.2, 0) is 27.9 Å². The third kappa shape index (κ3) is 20.6. The predicted octanol–water partition coefficient (Wildman–Crippen LogP) is 5.47. The summed E-state index contributed by atoms with van der Waals surface area (Å²) in [5.74, 6) is -0.479. The number of rotatable bonds is 30. The lowest BCUT2D eigenvalue weighted by Gasteiger charge is -2.41. The summed E-state index contributed by atoms with van der Waals surface area (Å²) >= 11 is 0. The standard InChI is InChI=1S/C34H67O12P/c1-3-5-7-9-11-13-15-17-19-21-23-28(35)45-27(25-43-24-22-20-18-16-14-12-10-8-6-4-2)26-44-47(41,42)46-34-32(39)30(37)29(36)31(38)33(34)40/h27,29-34,36-40H,3-26H2,1-2H3,(H,41,42). The van der Waals surface area contributed by atoms with Crippen molar-refractivity contribution in [3.63, 3.8) is 0 Å². The maximum atomic E-state index is 12.7. The van der Waals surface area contributed by atoms with Gasteiger partial charge < -0.3 is 39.9 Å². The average molecular weight is 699 g/mol. The van der Waals surface area contributed by atoms with Gasteiger partial charge in [0.05, 0.1) is 13.2 Å². The highest BCUT2D eigenvalue weighted by molar-refractivity contribution is 7.47. The van der Waals surface area contributed by atoms with E-state index in [4.69, 9.17) is 18.5 Å². The van der Waals surface area contributed by atoms with E-state index in [1.165, 1.54) is 83.5 Å². The summed E-state index contributed by atoms with van der Waals surface area (Å²) in [6.07, 6.45) is 10.6. The zero-order valence-electron chi connectivity index (χ0n) is 29.1. The lowest BCUT2D eigenvalue weighted by atomic mass is 9.85. The molecule has 0 bridgehead atoms. The second-order valence-electron chi connectivity index (χ2n) is 13.1. The van der Waals surface area contributed by atoms with Gasteiger partial charge in [0.25, 0.3) is 0 Å². The Balaban J connectivity index is 2.50. The molecule has 280 valence electrons. The summed E-state index contributed by atoms with van der Waals surface area (Å²) in [4.78, 5) is 22.9. The van der Waals surface area contributed by atoms with Crippen molar-refractivity contribution >= 4 is 13.8 Å². The van der Waals surface area contributed by atoms with Gasteiger partial charge in [-0.15, -0.1) is 0 Å². The minimum atomic E-state index is -4.99. The Morgan fingerprint density at radius 3 is 1.47 bits per heavy atom. The molecule has 47 heavy (non-hydrogen) atoms. The fourth-order valence-corrected chi connectivity index (χ4v) is 6.68. The SMILES string of the molecule is CCCCCCCCCCCCOCC(COP(=O)(O)OC1C(O)C(O)C(O)C(O)C1O)OC(=O)CCCCCCCCCCCC. The Morgan fingerprint density at radius 2 is 1.00 bits per heavy atom. The molecular formula is C34H67O12P. The lowest BCUT2D eigenvalue weighted by Crippen LogP contribution is -2.64. The van der Waals surface area contributed by atoms with E-state index < -0.39 is 63.1 Å². The average Bonchev–Trinajstić information content (AvgIpc) is 3.05. The number of aliphatic hydroxyl groups excluding tert-OH is 5. The number of phosphoric ester groups is 1. The number of carbonyl (C=O) groups excluding carboxylic acids is 1. The van der Waals surface area contributed by atoms with Gasteiger partial charge in [-0.1, -0.05) is 129 Å². The van der Waals surface area contributed by atoms with Crippen LogP contribution < -0.4 is 0 Å². The van der Waals surface area contributed by atoms with Crippen molar-refractivity contribution in [1.82, 2.24) is 0 Å². The van der Waals surface area contributed by atoms with Crippen molar-refractivity contribution in [2.24, 2.45) is 0 Å². The monoisotopic (exact) mass is 698 g/mol. The van der Waals surface area contributed by atoms with Crippen LogP contribution in [-0.4, -0.2) is 98.9 Å². The molecule has 1 saturated carbocycles. The van der Waals surface area contributed by atoms with Crippen molar-refractivity contribution in [1.29, 1.82) is 0 Å². The molecule has 0 aromatic carbocycles. The Bertz CT molecular complexity index is 802. The molecule has 1 rings (SSSR count). The fourth-order valence-electron chi connectivity index (χ4n) is 5.71. The van der Waals surface area contributed by atoms with E-state index in [9.17, 15) is 39.8 Å². The highest BCUT2D eigenvalue weighted by Crippen LogP contribution is 2.47. The molecule has 1 aliphatic rings. The van der Waals surface area contributed by atoms with Crippen LogP contribution in [0.25, 0.3) is 0 Å². The van der Waals surface area contributed by atoms with E-state index in [1.807, 2.05) is 0 Å². The van der Waals surface area contributed by atoms with Gasteiger partial charge >= 0.3 is 13.8 Å². The molecule has 0 aromatic heterocycles. The third-order valence-electron chi connectivity index (χ3n) is 8.73. The summed E-state index contributed by atoms with van der Waals surface area (Å²) in [6.45, 7) is 4.20. The summed E-state index contributed by atoms with van der Waals surface area (Å²) < 4.78 is 33.8. The van der Waals surface area contributed by atoms with Crippen molar-refractivity contribution in [3.05, 3.63) is 0 Å². The third-order valence-corrected chi connectivity index (χ3v) is 9.72. The van der Waals surface area contributed by atoms with Crippen LogP contribution in [0.5, 0.6) is 0 Å². The molecule has 1 aliphatic carbocycles. The fraction of sp³-hybridized carbons (Fsp3) is 0.971. The number of ether oxygens (including phenoxy) is 2. The van der Waals surface area contributed by atoms with Crippen molar-refractivity contribution < 1.29 is 58.3 Å². The van der Waals surface area contributed by atoms with Gasteiger partial charge in [-0.05, 0) is 12.8 Å². The Morgan fingerprint density at radius 1 is 0.596 bits per heavy atom. The van der Waals surface area contributed by atoms with Crippen LogP contribution in [0.1, 0.15) is 149 Å². The molecule has 0 amide bonds. The normalized spacial score (nSPS) is 25.0. The first-order valence-corrected chi connectivity index (χ1v) is 19.9. The van der Waals surface area contributed by atoms with Crippen molar-refractivity contribution in [2.75, 3.05) is 19.8 Å². The molecule has 13 heteroatoms. The molecule has 6 N–H and O–H groups in total. The van der Waals surface area contributed by atoms with E-state index in [-0.39, 0.29) is 13.0 Å². The van der Waals surface area contributed by atoms with E-state index in [0.29, 0.717) is 13.0 Å². The Hall–Kier alpha value is -0.660. The molecule has 12 nitrogen and oxygen atoms in total. The van der Waals surface area contributed by atoms with Crippen LogP contribution in [0.2, 0.25) is 0 Å². The van der Waals surface area contributed by atoms with Crippen LogP contribution in [0.3, 0.4) is 0 Å². The van der Waals surface area contributed by atoms with Gasteiger partial charge in [0.2, 0.25) is 0 Å². The molecule has 6 unspecified atom stereocenters. The first-order chi connectivity index (χ1) is 22.5. The first kappa shape index (κ1) is 44.4. The molecule has 0 aromatic rings. The molecular weight excluding hydrogens is 631 g/mol. The first-order valence-electron chi connectivity index (χ1n) is 18.4. The molecule has 6 atom stereocenters. The highest BCUT2D eigenvalue weighted by atomic mass is 31.2. The number of esters is 1. The number of hydrogen-bond acceptors (Lipinski definition) is 11. The second kappa shape index (κ2) is 27.1. The number of hydrogen-bond donors (Lipinski definition) is 6. The van der Waals surface area contributed by atoms with Crippen molar-refractivity contribution in [2.45, 2.75) is 191 Å². The second-order valence-corrected chi connectivity index (χ2v) is 14.5. The highest BCUT2D eigenvalue weighted by Gasteiger charge is 2.51. The van der Waals surface area contributed by atoms with Crippen LogP contribution in [0, 0.1) is 0 Å². The topological polar surface area (TPSA) is 192 Å². The smallest absolute Gasteiger partial charge is 0.457 e. The summed E-state index contributed by atoms with van der Waals surface area (Å²) in [5.41, 5.74) is 0. The van der Waals surface area contributed by atoms with Crippen LogP contribution in [0.15, 0.2) is 0 Å². The van der Waals surface area contributed by atoms with E-state index in [1.54, 1.807) is 0 Å². The summed E-state index contributed by atoms with van der Waals surface area (Å²) in [6, 6.07) is 0. The quantitative estimate of drug-likeness (QED) is 0.0316. The molecule has 0 saturated heterocycles.